The van der Waals surface area contributed by atoms with Gasteiger partial charge in [-0.25, -0.2) is 4.79 Å². The smallest absolute Gasteiger partial charge is 0.338 e. The highest BCUT2D eigenvalue weighted by Crippen LogP contribution is 2.28. The zero-order valence-electron chi connectivity index (χ0n) is 14.1. The van der Waals surface area contributed by atoms with Crippen LogP contribution in [0.4, 0.5) is 18.0 Å². The van der Waals surface area contributed by atoms with E-state index < -0.39 is 11.9 Å². The normalized spacial score (nSPS) is 17.5. The minimum Gasteiger partial charge on any atom is -0.338 e. The van der Waals surface area contributed by atoms with Crippen LogP contribution in [0.5, 0.6) is 0 Å². The first-order valence-corrected chi connectivity index (χ1v) is 8.41. The monoisotopic (exact) mass is 346 g/mol. The van der Waals surface area contributed by atoms with E-state index >= 15 is 0 Å². The van der Waals surface area contributed by atoms with Crippen LogP contribution in [0.25, 0.3) is 0 Å². The number of carbonyl (C=O) groups is 1. The molecule has 1 unspecified atom stereocenters. The van der Waals surface area contributed by atoms with Gasteiger partial charge in [0.25, 0.3) is 0 Å². The number of hydrogen-bond donors (Lipinski definition) is 2. The number of halogens is 3. The molecule has 1 aromatic heterocycles. The van der Waals surface area contributed by atoms with Crippen LogP contribution < -0.4 is 10.6 Å². The third-order valence-electron chi connectivity index (χ3n) is 4.31. The highest BCUT2D eigenvalue weighted by atomic mass is 19.4. The highest BCUT2D eigenvalue weighted by molar-refractivity contribution is 5.74. The van der Waals surface area contributed by atoms with Crippen molar-refractivity contribution in [2.45, 2.75) is 64.7 Å². The minimum absolute atomic E-state index is 0.0261. The first-order valence-electron chi connectivity index (χ1n) is 8.41. The Hall–Kier alpha value is -1.73. The first-order chi connectivity index (χ1) is 11.3. The van der Waals surface area contributed by atoms with Crippen LogP contribution in [0.15, 0.2) is 6.07 Å². The zero-order valence-corrected chi connectivity index (χ0v) is 14.1. The van der Waals surface area contributed by atoms with Crippen molar-refractivity contribution in [3.63, 3.8) is 0 Å². The number of aromatic nitrogens is 2. The molecule has 0 aromatic carbocycles. The van der Waals surface area contributed by atoms with Gasteiger partial charge in [-0.2, -0.15) is 18.3 Å². The summed E-state index contributed by atoms with van der Waals surface area (Å²) in [4.78, 5) is 11.9. The van der Waals surface area contributed by atoms with Crippen LogP contribution in [0, 0.1) is 12.8 Å². The quantitative estimate of drug-likeness (QED) is 0.857. The van der Waals surface area contributed by atoms with Crippen LogP contribution in [0.2, 0.25) is 0 Å². The molecule has 0 radical (unpaired) electrons. The Morgan fingerprint density at radius 3 is 2.62 bits per heavy atom. The lowest BCUT2D eigenvalue weighted by Gasteiger charge is -2.23. The van der Waals surface area contributed by atoms with Crippen LogP contribution in [0.3, 0.4) is 0 Å². The van der Waals surface area contributed by atoms with Gasteiger partial charge in [0.2, 0.25) is 0 Å². The van der Waals surface area contributed by atoms with Crippen LogP contribution in [-0.4, -0.2) is 28.4 Å². The van der Waals surface area contributed by atoms with Gasteiger partial charge in [0.1, 0.15) is 0 Å². The van der Waals surface area contributed by atoms with E-state index in [1.165, 1.54) is 11.1 Å². The number of alkyl halides is 3. The largest absolute Gasteiger partial charge is 0.435 e. The van der Waals surface area contributed by atoms with Crippen molar-refractivity contribution < 1.29 is 18.0 Å². The maximum Gasteiger partial charge on any atom is 0.435 e. The number of urea groups is 1. The van der Waals surface area contributed by atoms with Gasteiger partial charge in [0.05, 0.1) is 0 Å². The molecule has 1 aliphatic rings. The molecule has 1 aromatic rings. The highest BCUT2D eigenvalue weighted by Gasteiger charge is 2.34. The molecule has 136 valence electrons. The second kappa shape index (κ2) is 7.90. The van der Waals surface area contributed by atoms with Crippen LogP contribution in [-0.2, 0) is 12.7 Å². The number of nitrogens with one attached hydrogen (secondary N) is 2. The molecule has 24 heavy (non-hydrogen) atoms. The van der Waals surface area contributed by atoms with Crippen molar-refractivity contribution in [1.82, 2.24) is 20.4 Å². The molecule has 0 saturated heterocycles. The molecular formula is C16H25F3N4O. The molecule has 2 rings (SSSR count). The van der Waals surface area contributed by atoms with E-state index in [1.54, 1.807) is 6.92 Å². The maximum absolute atomic E-state index is 12.7. The number of carbonyl (C=O) groups excluding carboxylic acids is 1. The SMILES string of the molecule is Cc1cc(C(F)(F)F)nn1CC(C)CNC(=O)NC1CCCCC1. The summed E-state index contributed by atoms with van der Waals surface area (Å²) in [6.07, 6.45) is 1.09. The molecule has 1 fully saturated rings. The standard InChI is InChI=1S/C16H25F3N4O/c1-11(9-20-15(24)21-13-6-4-3-5-7-13)10-23-12(2)8-14(22-23)16(17,18)19/h8,11,13H,3-7,9-10H2,1-2H3,(H2,20,21,24). The van der Waals surface area contributed by atoms with Crippen molar-refractivity contribution in [1.29, 1.82) is 0 Å². The summed E-state index contributed by atoms with van der Waals surface area (Å²) in [7, 11) is 0. The van der Waals surface area contributed by atoms with Crippen molar-refractivity contribution in [2.75, 3.05) is 6.54 Å². The number of amides is 2. The lowest BCUT2D eigenvalue weighted by Crippen LogP contribution is -2.44. The van der Waals surface area contributed by atoms with Crippen molar-refractivity contribution in [2.24, 2.45) is 5.92 Å². The van der Waals surface area contributed by atoms with Gasteiger partial charge in [-0.15, -0.1) is 0 Å². The van der Waals surface area contributed by atoms with E-state index in [0.29, 0.717) is 18.8 Å². The number of aryl methyl sites for hydroxylation is 1. The Kier molecular flexibility index (Phi) is 6.12. The Morgan fingerprint density at radius 2 is 2.04 bits per heavy atom. The van der Waals surface area contributed by atoms with Gasteiger partial charge in [0.15, 0.2) is 5.69 Å². The van der Waals surface area contributed by atoms with Crippen LogP contribution in [0.1, 0.15) is 50.4 Å². The number of hydrogen-bond acceptors (Lipinski definition) is 2. The van der Waals surface area contributed by atoms with Crippen molar-refractivity contribution in [3.8, 4) is 0 Å². The summed E-state index contributed by atoms with van der Waals surface area (Å²) in [5.41, 5.74) is -0.420. The van der Waals surface area contributed by atoms with E-state index in [1.807, 2.05) is 6.92 Å². The summed E-state index contributed by atoms with van der Waals surface area (Å²) in [6.45, 7) is 4.18. The van der Waals surface area contributed by atoms with Gasteiger partial charge in [-0.1, -0.05) is 26.2 Å². The summed E-state index contributed by atoms with van der Waals surface area (Å²) in [5.74, 6) is -0.0261. The summed E-state index contributed by atoms with van der Waals surface area (Å²) >= 11 is 0. The molecule has 2 N–H and O–H groups in total. The molecule has 1 aliphatic carbocycles. The molecule has 8 heteroatoms. The molecule has 2 amide bonds. The molecule has 0 aliphatic heterocycles. The average Bonchev–Trinajstić information content (AvgIpc) is 2.87. The fourth-order valence-electron chi connectivity index (χ4n) is 2.94. The van der Waals surface area contributed by atoms with Gasteiger partial charge in [0, 0.05) is 24.8 Å². The molecule has 1 heterocycles. The average molecular weight is 346 g/mol. The Labute approximate surface area is 140 Å². The minimum atomic E-state index is -4.43. The van der Waals surface area contributed by atoms with Crippen LogP contribution >= 0.6 is 0 Å². The van der Waals surface area contributed by atoms with E-state index in [4.69, 9.17) is 0 Å². The Bertz CT molecular complexity index is 550. The van der Waals surface area contributed by atoms with Gasteiger partial charge < -0.3 is 10.6 Å². The fraction of sp³-hybridized carbons (Fsp3) is 0.750. The lowest BCUT2D eigenvalue weighted by molar-refractivity contribution is -0.141. The van der Waals surface area contributed by atoms with Crippen molar-refractivity contribution in [3.05, 3.63) is 17.5 Å². The second-order valence-electron chi connectivity index (χ2n) is 6.65. The topological polar surface area (TPSA) is 59.0 Å². The Morgan fingerprint density at radius 1 is 1.38 bits per heavy atom. The van der Waals surface area contributed by atoms with E-state index in [-0.39, 0.29) is 18.0 Å². The summed E-state index contributed by atoms with van der Waals surface area (Å²) in [6, 6.07) is 1.06. The lowest BCUT2D eigenvalue weighted by atomic mass is 9.96. The second-order valence-corrected chi connectivity index (χ2v) is 6.65. The van der Waals surface area contributed by atoms with E-state index in [2.05, 4.69) is 15.7 Å². The van der Waals surface area contributed by atoms with E-state index in [0.717, 1.165) is 31.7 Å². The summed E-state index contributed by atoms with van der Waals surface area (Å²) < 4.78 is 39.3. The molecule has 5 nitrogen and oxygen atoms in total. The third-order valence-corrected chi connectivity index (χ3v) is 4.31. The summed E-state index contributed by atoms with van der Waals surface area (Å²) in [5, 5.41) is 9.35. The van der Waals surface area contributed by atoms with E-state index in [9.17, 15) is 18.0 Å². The Balaban J connectivity index is 1.77. The first kappa shape index (κ1) is 18.6. The van der Waals surface area contributed by atoms with Crippen molar-refractivity contribution >= 4 is 6.03 Å². The number of nitrogens with zero attached hydrogens (tertiary/aromatic N) is 2. The predicted octanol–water partition coefficient (Wildman–Crippen LogP) is 3.48. The molecule has 1 atom stereocenters. The number of rotatable bonds is 5. The fourth-order valence-corrected chi connectivity index (χ4v) is 2.94. The van der Waals surface area contributed by atoms with Gasteiger partial charge >= 0.3 is 12.2 Å². The molecule has 1 saturated carbocycles. The molecular weight excluding hydrogens is 321 g/mol. The maximum atomic E-state index is 12.7. The predicted molar refractivity (Wildman–Crippen MR) is 84.5 cm³/mol. The molecule has 0 bridgehead atoms. The van der Waals surface area contributed by atoms with Gasteiger partial charge in [-0.3, -0.25) is 4.68 Å². The zero-order chi connectivity index (χ0) is 17.7. The third kappa shape index (κ3) is 5.42. The van der Waals surface area contributed by atoms with Gasteiger partial charge in [-0.05, 0) is 31.7 Å². The molecule has 0 spiro atoms.